The molecule has 1 amide bonds. The molecule has 5 nitrogen and oxygen atoms in total. The van der Waals surface area contributed by atoms with E-state index in [1.165, 1.54) is 17.3 Å². The third-order valence-electron chi connectivity index (χ3n) is 4.18. The minimum Gasteiger partial charge on any atom is -0.325 e. The van der Waals surface area contributed by atoms with Crippen LogP contribution in [0.15, 0.2) is 46.2 Å². The summed E-state index contributed by atoms with van der Waals surface area (Å²) >= 11 is 3.04. The molecule has 3 aromatic rings. The summed E-state index contributed by atoms with van der Waals surface area (Å²) in [6.07, 6.45) is 0. The van der Waals surface area contributed by atoms with Gasteiger partial charge >= 0.3 is 0 Å². The Morgan fingerprint density at radius 3 is 2.52 bits per heavy atom. The van der Waals surface area contributed by atoms with Crippen LogP contribution in [0.4, 0.5) is 5.69 Å². The molecule has 3 rings (SSSR count). The highest BCUT2D eigenvalue weighted by atomic mass is 32.2. The summed E-state index contributed by atoms with van der Waals surface area (Å²) in [5.41, 5.74) is 3.21. The van der Waals surface area contributed by atoms with Crippen LogP contribution in [-0.2, 0) is 16.8 Å². The number of nitrogens with one attached hydrogen (secondary N) is 1. The van der Waals surface area contributed by atoms with Gasteiger partial charge in [0.25, 0.3) is 0 Å². The molecule has 0 atom stereocenters. The summed E-state index contributed by atoms with van der Waals surface area (Å²) in [5, 5.41) is 16.3. The fourth-order valence-corrected chi connectivity index (χ4v) is 4.10. The first-order chi connectivity index (χ1) is 12.9. The number of thiophene rings is 1. The van der Waals surface area contributed by atoms with E-state index >= 15 is 0 Å². The minimum absolute atomic E-state index is 0.0498. The molecule has 0 bridgehead atoms. The van der Waals surface area contributed by atoms with Crippen LogP contribution in [-0.4, -0.2) is 26.4 Å². The molecule has 0 aliphatic rings. The van der Waals surface area contributed by atoms with E-state index in [2.05, 4.69) is 60.7 Å². The lowest BCUT2D eigenvalue weighted by Gasteiger charge is -2.19. The van der Waals surface area contributed by atoms with E-state index in [0.717, 1.165) is 28.8 Å². The van der Waals surface area contributed by atoms with Crippen molar-refractivity contribution < 1.29 is 4.79 Å². The lowest BCUT2D eigenvalue weighted by atomic mass is 9.87. The fourth-order valence-electron chi connectivity index (χ4n) is 2.67. The van der Waals surface area contributed by atoms with E-state index < -0.39 is 0 Å². The topological polar surface area (TPSA) is 59.8 Å². The molecule has 2 heterocycles. The number of benzene rings is 1. The average Bonchev–Trinajstić information content (AvgIpc) is 3.28. The Morgan fingerprint density at radius 1 is 1.19 bits per heavy atom. The van der Waals surface area contributed by atoms with Gasteiger partial charge in [0.15, 0.2) is 11.0 Å². The monoisotopic (exact) mass is 400 g/mol. The van der Waals surface area contributed by atoms with Crippen molar-refractivity contribution >= 4 is 34.7 Å². The molecular weight excluding hydrogens is 376 g/mol. The van der Waals surface area contributed by atoms with Gasteiger partial charge in [-0.2, -0.15) is 11.3 Å². The second-order valence-electron chi connectivity index (χ2n) is 7.23. The number of carbonyl (C=O) groups excluding carboxylic acids is 1. The molecular formula is C20H24N4OS2. The Morgan fingerprint density at radius 2 is 1.93 bits per heavy atom. The van der Waals surface area contributed by atoms with Gasteiger partial charge in [0.1, 0.15) is 0 Å². The van der Waals surface area contributed by atoms with Gasteiger partial charge in [-0.3, -0.25) is 4.79 Å². The predicted molar refractivity (Wildman–Crippen MR) is 114 cm³/mol. The Kier molecular flexibility index (Phi) is 6.01. The van der Waals surface area contributed by atoms with Crippen LogP contribution in [0.1, 0.15) is 33.3 Å². The van der Waals surface area contributed by atoms with Gasteiger partial charge in [-0.1, -0.05) is 44.7 Å². The maximum Gasteiger partial charge on any atom is 0.234 e. The lowest BCUT2D eigenvalue weighted by molar-refractivity contribution is -0.113. The van der Waals surface area contributed by atoms with Crippen molar-refractivity contribution in [1.82, 2.24) is 14.8 Å². The molecule has 27 heavy (non-hydrogen) atoms. The molecule has 0 spiro atoms. The average molecular weight is 401 g/mol. The Balaban J connectivity index is 1.61. The van der Waals surface area contributed by atoms with Gasteiger partial charge in [-0.15, -0.1) is 10.2 Å². The van der Waals surface area contributed by atoms with Crippen LogP contribution in [0.5, 0.6) is 0 Å². The van der Waals surface area contributed by atoms with Crippen LogP contribution in [0.25, 0.3) is 11.4 Å². The summed E-state index contributed by atoms with van der Waals surface area (Å²) in [5.74, 6) is 1.09. The predicted octanol–water partition coefficient (Wildman–Crippen LogP) is 5.05. The van der Waals surface area contributed by atoms with E-state index in [9.17, 15) is 4.79 Å². The van der Waals surface area contributed by atoms with E-state index in [0.29, 0.717) is 5.75 Å². The molecule has 0 unspecified atom stereocenters. The second kappa shape index (κ2) is 8.27. The number of hydrogen-bond donors (Lipinski definition) is 1. The normalized spacial score (nSPS) is 11.6. The van der Waals surface area contributed by atoms with Gasteiger partial charge in [0.05, 0.1) is 5.75 Å². The SMILES string of the molecule is CCn1c(SCC(=O)Nc2ccc(C(C)(C)C)cc2)nnc1-c1ccsc1. The zero-order chi connectivity index (χ0) is 19.4. The fraction of sp³-hybridized carbons (Fsp3) is 0.350. The third-order valence-corrected chi connectivity index (χ3v) is 5.83. The number of amides is 1. The van der Waals surface area contributed by atoms with Crippen LogP contribution in [0.2, 0.25) is 0 Å². The van der Waals surface area contributed by atoms with Crippen molar-refractivity contribution in [3.63, 3.8) is 0 Å². The summed E-state index contributed by atoms with van der Waals surface area (Å²) in [7, 11) is 0. The Labute approximate surface area is 168 Å². The maximum atomic E-state index is 12.3. The highest BCUT2D eigenvalue weighted by Crippen LogP contribution is 2.26. The van der Waals surface area contributed by atoms with Crippen LogP contribution in [0.3, 0.4) is 0 Å². The number of hydrogen-bond acceptors (Lipinski definition) is 5. The first kappa shape index (κ1) is 19.6. The summed E-state index contributed by atoms with van der Waals surface area (Å²) in [6.45, 7) is 9.33. The number of anilines is 1. The molecule has 0 aliphatic heterocycles. The van der Waals surface area contributed by atoms with E-state index in [4.69, 9.17) is 0 Å². The van der Waals surface area contributed by atoms with Gasteiger partial charge in [-0.25, -0.2) is 0 Å². The molecule has 2 aromatic heterocycles. The zero-order valence-electron chi connectivity index (χ0n) is 16.0. The molecule has 0 fully saturated rings. The van der Waals surface area contributed by atoms with E-state index in [1.807, 2.05) is 28.1 Å². The van der Waals surface area contributed by atoms with Gasteiger partial charge in [0, 0.05) is 23.2 Å². The van der Waals surface area contributed by atoms with Crippen molar-refractivity contribution in [3.8, 4) is 11.4 Å². The van der Waals surface area contributed by atoms with Gasteiger partial charge < -0.3 is 9.88 Å². The molecule has 142 valence electrons. The highest BCUT2D eigenvalue weighted by Gasteiger charge is 2.16. The van der Waals surface area contributed by atoms with Crippen molar-refractivity contribution in [3.05, 3.63) is 46.7 Å². The number of aromatic nitrogens is 3. The molecule has 1 aromatic carbocycles. The van der Waals surface area contributed by atoms with Gasteiger partial charge in [-0.05, 0) is 41.5 Å². The molecule has 1 N–H and O–H groups in total. The first-order valence-electron chi connectivity index (χ1n) is 8.87. The van der Waals surface area contributed by atoms with Crippen molar-refractivity contribution in [2.75, 3.05) is 11.1 Å². The van der Waals surface area contributed by atoms with Crippen molar-refractivity contribution in [2.45, 2.75) is 44.8 Å². The largest absolute Gasteiger partial charge is 0.325 e. The van der Waals surface area contributed by atoms with Crippen molar-refractivity contribution in [2.24, 2.45) is 0 Å². The number of thioether (sulfide) groups is 1. The van der Waals surface area contributed by atoms with Crippen LogP contribution in [0, 0.1) is 0 Å². The maximum absolute atomic E-state index is 12.3. The van der Waals surface area contributed by atoms with Crippen LogP contribution < -0.4 is 5.32 Å². The quantitative estimate of drug-likeness (QED) is 0.588. The smallest absolute Gasteiger partial charge is 0.234 e. The van der Waals surface area contributed by atoms with Crippen molar-refractivity contribution in [1.29, 1.82) is 0 Å². The number of rotatable bonds is 6. The molecule has 0 saturated heterocycles. The van der Waals surface area contributed by atoms with Crippen LogP contribution >= 0.6 is 23.1 Å². The molecule has 7 heteroatoms. The first-order valence-corrected chi connectivity index (χ1v) is 10.8. The number of nitrogens with zero attached hydrogens (tertiary/aromatic N) is 3. The standard InChI is InChI=1S/C20H24N4OS2/c1-5-24-18(14-10-11-26-12-14)22-23-19(24)27-13-17(25)21-16-8-6-15(7-9-16)20(2,3)4/h6-12H,5,13H2,1-4H3,(H,21,25). The minimum atomic E-state index is -0.0498. The van der Waals surface area contributed by atoms with E-state index in [-0.39, 0.29) is 11.3 Å². The van der Waals surface area contributed by atoms with E-state index in [1.54, 1.807) is 11.3 Å². The Bertz CT molecular complexity index is 893. The Hall–Kier alpha value is -2.12. The summed E-state index contributed by atoms with van der Waals surface area (Å²) < 4.78 is 2.04. The number of carbonyl (C=O) groups is 1. The second-order valence-corrected chi connectivity index (χ2v) is 8.95. The molecule has 0 saturated carbocycles. The highest BCUT2D eigenvalue weighted by molar-refractivity contribution is 7.99. The van der Waals surface area contributed by atoms with Gasteiger partial charge in [0.2, 0.25) is 5.91 Å². The summed E-state index contributed by atoms with van der Waals surface area (Å²) in [6, 6.07) is 10.1. The zero-order valence-corrected chi connectivity index (χ0v) is 17.7. The molecule has 0 radical (unpaired) electrons. The molecule has 0 aliphatic carbocycles. The third kappa shape index (κ3) is 4.78. The summed E-state index contributed by atoms with van der Waals surface area (Å²) in [4.78, 5) is 12.3. The lowest BCUT2D eigenvalue weighted by Crippen LogP contribution is -2.15.